The Hall–Kier alpha value is -3.27. The molecule has 0 bridgehead atoms. The van der Waals surface area contributed by atoms with Crippen molar-refractivity contribution in [1.29, 1.82) is 0 Å². The summed E-state index contributed by atoms with van der Waals surface area (Å²) in [7, 11) is 0. The Morgan fingerprint density at radius 2 is 2.00 bits per heavy atom. The second-order valence-electron chi connectivity index (χ2n) is 7.85. The summed E-state index contributed by atoms with van der Waals surface area (Å²) in [6.45, 7) is 3.75. The first kappa shape index (κ1) is 25.4. The van der Waals surface area contributed by atoms with Crippen LogP contribution in [0.1, 0.15) is 25.5 Å². The Bertz CT molecular complexity index is 1190. The number of carboxylic acid groups (broad SMARTS) is 1. The van der Waals surface area contributed by atoms with Crippen LogP contribution in [0.4, 0.5) is 4.39 Å². The number of carboxylic acids is 1. The number of hydrogen-bond acceptors (Lipinski definition) is 4. The van der Waals surface area contributed by atoms with Gasteiger partial charge in [-0.15, -0.1) is 6.42 Å². The minimum absolute atomic E-state index is 0.0830. The Kier molecular flexibility index (Phi) is 9.57. The topological polar surface area (TPSA) is 53.7 Å². The lowest BCUT2D eigenvalue weighted by Crippen LogP contribution is -2.50. The Morgan fingerprint density at radius 3 is 2.68 bits per heavy atom. The molecule has 2 heterocycles. The third kappa shape index (κ3) is 7.65. The molecule has 0 unspecified atom stereocenters. The molecule has 1 aromatic heterocycles. The number of carbonyl (C=O) groups is 1. The van der Waals surface area contributed by atoms with Gasteiger partial charge in [-0.1, -0.05) is 48.9 Å². The molecule has 3 aromatic rings. The number of benzene rings is 2. The van der Waals surface area contributed by atoms with E-state index < -0.39 is 5.97 Å². The lowest BCUT2D eigenvalue weighted by Gasteiger charge is -2.36. The summed E-state index contributed by atoms with van der Waals surface area (Å²) in [5, 5.41) is 9.69. The number of nitrogens with zero attached hydrogens (tertiary/aromatic N) is 1. The van der Waals surface area contributed by atoms with Gasteiger partial charge in [-0.25, -0.2) is 4.39 Å². The summed E-state index contributed by atoms with van der Waals surface area (Å²) in [4.78, 5) is 14.9. The summed E-state index contributed by atoms with van der Waals surface area (Å²) < 4.78 is 18.3. The van der Waals surface area contributed by atoms with E-state index in [2.05, 4.69) is 30.2 Å². The highest BCUT2D eigenvalue weighted by Crippen LogP contribution is 2.31. The standard InChI is InChI=1S/C18H12OS.C10H16FNO2/c1-2-3-7-15-12-14-13-17(10-11-18(14)19-15)20-16-8-5-4-6-9-16;1-2-9(11)4-3-5-12-6-8(7-12)10(13)14/h1,3-13H;4,8H,2-3,5-7H2,1H3,(H,13,14)/b7-3+;9-4+. The van der Waals surface area contributed by atoms with Crippen LogP contribution in [0.25, 0.3) is 17.0 Å². The first-order valence-corrected chi connectivity index (χ1v) is 12.0. The fourth-order valence-corrected chi connectivity index (χ4v) is 4.29. The predicted octanol–water partition coefficient (Wildman–Crippen LogP) is 6.89. The molecule has 6 heteroatoms. The van der Waals surface area contributed by atoms with E-state index >= 15 is 0 Å². The molecule has 2 aromatic carbocycles. The van der Waals surface area contributed by atoms with Crippen molar-refractivity contribution in [3.05, 3.63) is 78.3 Å². The van der Waals surface area contributed by atoms with Crippen LogP contribution in [0.3, 0.4) is 0 Å². The zero-order chi connectivity index (χ0) is 24.3. The van der Waals surface area contributed by atoms with Crippen molar-refractivity contribution in [3.63, 3.8) is 0 Å². The summed E-state index contributed by atoms with van der Waals surface area (Å²) in [6, 6.07) is 18.5. The fourth-order valence-electron chi connectivity index (χ4n) is 3.40. The minimum Gasteiger partial charge on any atom is -0.481 e. The first-order valence-electron chi connectivity index (χ1n) is 11.2. The van der Waals surface area contributed by atoms with Gasteiger partial charge in [0, 0.05) is 34.8 Å². The highest BCUT2D eigenvalue weighted by molar-refractivity contribution is 7.99. The van der Waals surface area contributed by atoms with Gasteiger partial charge in [-0.3, -0.25) is 4.79 Å². The normalized spacial score (nSPS) is 14.4. The Morgan fingerprint density at radius 1 is 1.24 bits per heavy atom. The van der Waals surface area contributed by atoms with Crippen molar-refractivity contribution in [2.45, 2.75) is 29.6 Å². The maximum absolute atomic E-state index is 12.7. The molecular weight excluding hydrogens is 449 g/mol. The molecule has 1 aliphatic rings. The number of terminal acetylenes is 1. The maximum atomic E-state index is 12.7. The van der Waals surface area contributed by atoms with Crippen molar-refractivity contribution >= 4 is 34.8 Å². The SMILES string of the molecule is C#C/C=C/c1cc2cc(Sc3ccccc3)ccc2o1.CC/C(F)=C\CCN1CC(C(=O)O)C1. The molecule has 0 amide bonds. The molecule has 34 heavy (non-hydrogen) atoms. The van der Waals surface area contributed by atoms with Crippen molar-refractivity contribution in [2.24, 2.45) is 5.92 Å². The molecule has 0 atom stereocenters. The Balaban J connectivity index is 0.000000204. The van der Waals surface area contributed by atoms with Crippen molar-refractivity contribution < 1.29 is 18.7 Å². The molecule has 176 valence electrons. The summed E-state index contributed by atoms with van der Waals surface area (Å²) in [5.41, 5.74) is 0.874. The molecule has 0 spiro atoms. The third-order valence-electron chi connectivity index (χ3n) is 5.28. The lowest BCUT2D eigenvalue weighted by atomic mass is 10.0. The van der Waals surface area contributed by atoms with E-state index in [0.29, 0.717) is 25.9 Å². The van der Waals surface area contributed by atoms with Crippen molar-refractivity contribution in [3.8, 4) is 12.3 Å². The van der Waals surface area contributed by atoms with Crippen molar-refractivity contribution in [2.75, 3.05) is 19.6 Å². The largest absolute Gasteiger partial charge is 0.481 e. The van der Waals surface area contributed by atoms with Gasteiger partial charge in [0.1, 0.15) is 11.3 Å². The van der Waals surface area contributed by atoms with E-state index in [1.54, 1.807) is 36.9 Å². The average Bonchev–Trinajstić information content (AvgIpc) is 3.22. The number of allylic oxidation sites excluding steroid dienone is 2. The van der Waals surface area contributed by atoms with Gasteiger partial charge < -0.3 is 14.4 Å². The second-order valence-corrected chi connectivity index (χ2v) is 9.00. The quantitative estimate of drug-likeness (QED) is 0.358. The maximum Gasteiger partial charge on any atom is 0.309 e. The van der Waals surface area contributed by atoms with Gasteiger partial charge in [0.05, 0.1) is 11.7 Å². The molecule has 1 aliphatic heterocycles. The molecule has 4 rings (SSSR count). The highest BCUT2D eigenvalue weighted by atomic mass is 32.2. The van der Waals surface area contributed by atoms with Crippen LogP contribution in [-0.2, 0) is 4.79 Å². The third-order valence-corrected chi connectivity index (χ3v) is 6.28. The van der Waals surface area contributed by atoms with Gasteiger partial charge in [0.2, 0.25) is 0 Å². The monoisotopic (exact) mass is 477 g/mol. The molecule has 0 aliphatic carbocycles. The average molecular weight is 478 g/mol. The van der Waals surface area contributed by atoms with Crippen molar-refractivity contribution in [1.82, 2.24) is 4.90 Å². The van der Waals surface area contributed by atoms with Crippen LogP contribution in [0.5, 0.6) is 0 Å². The van der Waals surface area contributed by atoms with E-state index in [-0.39, 0.29) is 11.7 Å². The van der Waals surface area contributed by atoms with Crippen LogP contribution in [0.2, 0.25) is 0 Å². The zero-order valence-electron chi connectivity index (χ0n) is 19.1. The second kappa shape index (κ2) is 12.8. The van der Waals surface area contributed by atoms with Gasteiger partial charge in [-0.05, 0) is 61.4 Å². The number of fused-ring (bicyclic) bond motifs is 1. The molecule has 1 N–H and O–H groups in total. The molecule has 1 saturated heterocycles. The first-order chi connectivity index (χ1) is 16.5. The predicted molar refractivity (Wildman–Crippen MR) is 136 cm³/mol. The van der Waals surface area contributed by atoms with Crippen LogP contribution >= 0.6 is 11.8 Å². The summed E-state index contributed by atoms with van der Waals surface area (Å²) in [5.74, 6) is 2.22. The number of hydrogen-bond donors (Lipinski definition) is 1. The summed E-state index contributed by atoms with van der Waals surface area (Å²) in [6.07, 6.45) is 11.3. The van der Waals surface area contributed by atoms with E-state index in [4.69, 9.17) is 15.9 Å². The summed E-state index contributed by atoms with van der Waals surface area (Å²) >= 11 is 1.74. The van der Waals surface area contributed by atoms with Crippen LogP contribution < -0.4 is 0 Å². The minimum atomic E-state index is -0.725. The van der Waals surface area contributed by atoms with E-state index in [1.807, 2.05) is 35.2 Å². The lowest BCUT2D eigenvalue weighted by molar-refractivity contribution is -0.147. The van der Waals surface area contributed by atoms with Gasteiger partial charge in [0.25, 0.3) is 0 Å². The molecule has 1 fully saturated rings. The number of halogens is 1. The van der Waals surface area contributed by atoms with Crippen LogP contribution in [0.15, 0.2) is 86.8 Å². The number of furan rings is 1. The zero-order valence-corrected chi connectivity index (χ0v) is 19.9. The van der Waals surface area contributed by atoms with Gasteiger partial charge >= 0.3 is 5.97 Å². The van der Waals surface area contributed by atoms with Gasteiger partial charge in [0.15, 0.2) is 0 Å². The Labute approximate surface area is 204 Å². The smallest absolute Gasteiger partial charge is 0.309 e. The fraction of sp³-hybridized carbons (Fsp3) is 0.250. The molecule has 0 radical (unpaired) electrons. The number of likely N-dealkylation sites (tertiary alicyclic amines) is 1. The van der Waals surface area contributed by atoms with E-state index in [1.165, 1.54) is 9.79 Å². The van der Waals surface area contributed by atoms with Gasteiger partial charge in [-0.2, -0.15) is 0 Å². The highest BCUT2D eigenvalue weighted by Gasteiger charge is 2.31. The van der Waals surface area contributed by atoms with Crippen LogP contribution in [-0.4, -0.2) is 35.6 Å². The number of aliphatic carboxylic acids is 1. The molecule has 0 saturated carbocycles. The van der Waals surface area contributed by atoms with Crippen LogP contribution in [0, 0.1) is 18.3 Å². The van der Waals surface area contributed by atoms with E-state index in [9.17, 15) is 9.18 Å². The number of rotatable bonds is 8. The molecular formula is C28H28FNO3S. The van der Waals surface area contributed by atoms with E-state index in [0.717, 1.165) is 23.3 Å². The molecule has 4 nitrogen and oxygen atoms in total.